The molecular weight excluding hydrogens is 272 g/mol. The Morgan fingerprint density at radius 3 is 2.67 bits per heavy atom. The van der Waals surface area contributed by atoms with Gasteiger partial charge in [0.25, 0.3) is 11.6 Å². The van der Waals surface area contributed by atoms with Crippen molar-refractivity contribution >= 4 is 17.3 Å². The predicted octanol–water partition coefficient (Wildman–Crippen LogP) is 1.71. The van der Waals surface area contributed by atoms with Crippen LogP contribution in [0.15, 0.2) is 18.2 Å². The number of rotatable bonds is 8. The van der Waals surface area contributed by atoms with Crippen molar-refractivity contribution in [2.45, 2.75) is 13.3 Å². The third-order valence-corrected chi connectivity index (χ3v) is 2.89. The number of amides is 1. The van der Waals surface area contributed by atoms with E-state index in [4.69, 9.17) is 0 Å². The van der Waals surface area contributed by atoms with E-state index in [0.29, 0.717) is 24.3 Å². The number of nitro benzene ring substituents is 1. The van der Waals surface area contributed by atoms with Gasteiger partial charge in [-0.3, -0.25) is 14.9 Å². The molecule has 7 nitrogen and oxygen atoms in total. The molecular formula is C14H22N4O3. The molecule has 21 heavy (non-hydrogen) atoms. The Bertz CT molecular complexity index is 503. The number of anilines is 1. The van der Waals surface area contributed by atoms with E-state index < -0.39 is 4.92 Å². The Morgan fingerprint density at radius 2 is 2.10 bits per heavy atom. The molecule has 0 bridgehead atoms. The topological polar surface area (TPSA) is 87.5 Å². The molecule has 1 rings (SSSR count). The minimum absolute atomic E-state index is 0.0800. The largest absolute Gasteiger partial charge is 0.379 e. The highest BCUT2D eigenvalue weighted by molar-refractivity contribution is 5.95. The molecule has 0 fully saturated rings. The molecule has 0 spiro atoms. The molecule has 0 atom stereocenters. The molecule has 0 heterocycles. The second-order valence-electron chi connectivity index (χ2n) is 4.93. The van der Waals surface area contributed by atoms with E-state index in [2.05, 4.69) is 10.6 Å². The van der Waals surface area contributed by atoms with Crippen molar-refractivity contribution in [1.29, 1.82) is 0 Å². The fraction of sp³-hybridized carbons (Fsp3) is 0.500. The number of carbonyl (C=O) groups is 1. The van der Waals surface area contributed by atoms with E-state index in [-0.39, 0.29) is 11.6 Å². The summed E-state index contributed by atoms with van der Waals surface area (Å²) in [6.07, 6.45) is 0.877. The van der Waals surface area contributed by atoms with E-state index in [0.717, 1.165) is 13.0 Å². The number of benzene rings is 1. The molecule has 0 radical (unpaired) electrons. The summed E-state index contributed by atoms with van der Waals surface area (Å²) in [7, 11) is 3.95. The minimum Gasteiger partial charge on any atom is -0.379 e. The fourth-order valence-electron chi connectivity index (χ4n) is 1.85. The number of nitrogens with one attached hydrogen (secondary N) is 2. The monoisotopic (exact) mass is 294 g/mol. The molecule has 0 aromatic heterocycles. The van der Waals surface area contributed by atoms with Crippen LogP contribution in [0.4, 0.5) is 11.4 Å². The van der Waals surface area contributed by atoms with Crippen LogP contribution in [0.25, 0.3) is 0 Å². The summed E-state index contributed by atoms with van der Waals surface area (Å²) in [5.74, 6) is -0.306. The van der Waals surface area contributed by atoms with Gasteiger partial charge in [-0.1, -0.05) is 0 Å². The Kier molecular flexibility index (Phi) is 6.61. The Morgan fingerprint density at radius 1 is 1.38 bits per heavy atom. The molecule has 1 aromatic rings. The second kappa shape index (κ2) is 8.21. The molecule has 0 saturated heterocycles. The van der Waals surface area contributed by atoms with Gasteiger partial charge in [0.05, 0.1) is 4.92 Å². The van der Waals surface area contributed by atoms with Crippen LogP contribution < -0.4 is 10.6 Å². The third kappa shape index (κ3) is 5.39. The van der Waals surface area contributed by atoms with E-state index in [1.54, 1.807) is 19.1 Å². The lowest BCUT2D eigenvalue weighted by Gasteiger charge is -2.11. The van der Waals surface area contributed by atoms with E-state index in [1.165, 1.54) is 6.07 Å². The lowest BCUT2D eigenvalue weighted by Crippen LogP contribution is -2.22. The SMILES string of the molecule is CCNC(=O)c1ccc(NCCCN(C)C)c([N+](=O)[O-])c1. The van der Waals surface area contributed by atoms with Gasteiger partial charge in [0.2, 0.25) is 0 Å². The average Bonchev–Trinajstić information content (AvgIpc) is 2.43. The molecule has 1 aromatic carbocycles. The first-order chi connectivity index (χ1) is 9.95. The number of hydrogen-bond donors (Lipinski definition) is 2. The zero-order valence-electron chi connectivity index (χ0n) is 12.7. The molecule has 0 aliphatic heterocycles. The molecule has 0 aliphatic carbocycles. The summed E-state index contributed by atoms with van der Waals surface area (Å²) in [6, 6.07) is 4.48. The van der Waals surface area contributed by atoms with Crippen LogP contribution >= 0.6 is 0 Å². The zero-order valence-corrected chi connectivity index (χ0v) is 12.7. The van der Waals surface area contributed by atoms with Crippen molar-refractivity contribution in [1.82, 2.24) is 10.2 Å². The Hall–Kier alpha value is -2.15. The van der Waals surface area contributed by atoms with Crippen LogP contribution in [0.2, 0.25) is 0 Å². The van der Waals surface area contributed by atoms with Gasteiger partial charge < -0.3 is 15.5 Å². The maximum absolute atomic E-state index is 11.7. The number of nitro groups is 1. The highest BCUT2D eigenvalue weighted by atomic mass is 16.6. The van der Waals surface area contributed by atoms with E-state index in [9.17, 15) is 14.9 Å². The highest BCUT2D eigenvalue weighted by Crippen LogP contribution is 2.25. The van der Waals surface area contributed by atoms with E-state index >= 15 is 0 Å². The number of hydrogen-bond acceptors (Lipinski definition) is 5. The average molecular weight is 294 g/mol. The zero-order chi connectivity index (χ0) is 15.8. The summed E-state index contributed by atoms with van der Waals surface area (Å²) in [5.41, 5.74) is 0.651. The third-order valence-electron chi connectivity index (χ3n) is 2.89. The van der Waals surface area contributed by atoms with Crippen LogP contribution in [0.3, 0.4) is 0 Å². The van der Waals surface area contributed by atoms with Gasteiger partial charge in [-0.2, -0.15) is 0 Å². The molecule has 0 unspecified atom stereocenters. The Labute approximate surface area is 124 Å². The first-order valence-electron chi connectivity index (χ1n) is 6.91. The highest BCUT2D eigenvalue weighted by Gasteiger charge is 2.17. The van der Waals surface area contributed by atoms with Crippen molar-refractivity contribution in [3.8, 4) is 0 Å². The summed E-state index contributed by atoms with van der Waals surface area (Å²) in [5, 5.41) is 16.8. The normalized spacial score (nSPS) is 10.5. The van der Waals surface area contributed by atoms with Gasteiger partial charge in [0, 0.05) is 24.7 Å². The molecule has 2 N–H and O–H groups in total. The van der Waals surface area contributed by atoms with Crippen molar-refractivity contribution in [2.24, 2.45) is 0 Å². The van der Waals surface area contributed by atoms with Gasteiger partial charge >= 0.3 is 0 Å². The van der Waals surface area contributed by atoms with Crippen LogP contribution in [0, 0.1) is 10.1 Å². The lowest BCUT2D eigenvalue weighted by molar-refractivity contribution is -0.384. The van der Waals surface area contributed by atoms with Crippen LogP contribution in [0.5, 0.6) is 0 Å². The van der Waals surface area contributed by atoms with E-state index in [1.807, 2.05) is 19.0 Å². The molecule has 0 aliphatic rings. The number of carbonyl (C=O) groups excluding carboxylic acids is 1. The van der Waals surface area contributed by atoms with Gasteiger partial charge in [0.15, 0.2) is 0 Å². The molecule has 1 amide bonds. The first kappa shape index (κ1) is 16.9. The summed E-state index contributed by atoms with van der Waals surface area (Å²) in [4.78, 5) is 24.4. The van der Waals surface area contributed by atoms with Gasteiger partial charge in [-0.25, -0.2) is 0 Å². The van der Waals surface area contributed by atoms with Gasteiger partial charge in [0.1, 0.15) is 5.69 Å². The molecule has 116 valence electrons. The van der Waals surface area contributed by atoms with Gasteiger partial charge in [-0.05, 0) is 46.1 Å². The van der Waals surface area contributed by atoms with Crippen molar-refractivity contribution in [3.05, 3.63) is 33.9 Å². The van der Waals surface area contributed by atoms with Gasteiger partial charge in [-0.15, -0.1) is 0 Å². The van der Waals surface area contributed by atoms with Crippen molar-refractivity contribution < 1.29 is 9.72 Å². The quantitative estimate of drug-likeness (QED) is 0.433. The molecule has 0 saturated carbocycles. The predicted molar refractivity (Wildman–Crippen MR) is 82.8 cm³/mol. The molecule has 7 heteroatoms. The maximum atomic E-state index is 11.7. The second-order valence-corrected chi connectivity index (χ2v) is 4.93. The maximum Gasteiger partial charge on any atom is 0.293 e. The Balaban J connectivity index is 2.80. The summed E-state index contributed by atoms with van der Waals surface area (Å²) in [6.45, 7) is 3.82. The smallest absolute Gasteiger partial charge is 0.293 e. The number of nitrogens with zero attached hydrogens (tertiary/aromatic N) is 2. The summed E-state index contributed by atoms with van der Waals surface area (Å²) < 4.78 is 0. The minimum atomic E-state index is -0.475. The summed E-state index contributed by atoms with van der Waals surface area (Å²) >= 11 is 0. The van der Waals surface area contributed by atoms with Crippen LogP contribution in [0.1, 0.15) is 23.7 Å². The first-order valence-corrected chi connectivity index (χ1v) is 6.91. The lowest BCUT2D eigenvalue weighted by atomic mass is 10.1. The standard InChI is InChI=1S/C14H22N4O3/c1-4-15-14(19)11-6-7-12(13(10-11)18(20)21)16-8-5-9-17(2)3/h6-7,10,16H,4-5,8-9H2,1-3H3,(H,15,19). The van der Waals surface area contributed by atoms with Crippen molar-refractivity contribution in [2.75, 3.05) is 39.0 Å². The van der Waals surface area contributed by atoms with Crippen LogP contribution in [-0.2, 0) is 0 Å². The fourth-order valence-corrected chi connectivity index (χ4v) is 1.85. The van der Waals surface area contributed by atoms with Crippen LogP contribution in [-0.4, -0.2) is 49.5 Å². The van der Waals surface area contributed by atoms with Crippen molar-refractivity contribution in [3.63, 3.8) is 0 Å².